The second kappa shape index (κ2) is 9.48. The number of hydrogen-bond acceptors (Lipinski definition) is 7. The van der Waals surface area contributed by atoms with Gasteiger partial charge in [-0.3, -0.25) is 24.3 Å². The van der Waals surface area contributed by atoms with Gasteiger partial charge in [0.25, 0.3) is 11.2 Å². The zero-order valence-corrected chi connectivity index (χ0v) is 20.1. The molecule has 1 atom stereocenters. The van der Waals surface area contributed by atoms with Crippen molar-refractivity contribution in [3.05, 3.63) is 67.3 Å². The Kier molecular flexibility index (Phi) is 6.66. The van der Waals surface area contributed by atoms with Crippen LogP contribution in [0.25, 0.3) is 10.2 Å². The Morgan fingerprint density at radius 1 is 1.48 bits per heavy atom. The van der Waals surface area contributed by atoms with Crippen LogP contribution in [0.1, 0.15) is 29.3 Å². The van der Waals surface area contributed by atoms with Crippen LogP contribution in [0.5, 0.6) is 0 Å². The lowest BCUT2D eigenvalue weighted by atomic mass is 9.89. The number of para-hydroxylation sites is 1. The zero-order chi connectivity index (χ0) is 23.7. The molecule has 0 saturated heterocycles. The van der Waals surface area contributed by atoms with Gasteiger partial charge in [0, 0.05) is 17.5 Å². The number of allylic oxidation sites excluding steroid dienone is 1. The number of nitrogens with one attached hydrogen (secondary N) is 1. The van der Waals surface area contributed by atoms with Gasteiger partial charge in [0.05, 0.1) is 16.1 Å². The number of fused-ring (bicyclic) bond motifs is 3. The number of thiophene rings is 1. The number of nitrogens with zero attached hydrogens (tertiary/aromatic N) is 3. The molecule has 0 spiro atoms. The van der Waals surface area contributed by atoms with Crippen molar-refractivity contribution in [2.75, 3.05) is 11.1 Å². The summed E-state index contributed by atoms with van der Waals surface area (Å²) < 4.78 is 1.55. The lowest BCUT2D eigenvalue weighted by Gasteiger charge is -2.17. The fraction of sp³-hybridized carbons (Fsp3) is 0.348. The van der Waals surface area contributed by atoms with Gasteiger partial charge < -0.3 is 5.32 Å². The predicted octanol–water partition coefficient (Wildman–Crippen LogP) is 4.72. The number of amides is 1. The van der Waals surface area contributed by atoms with Gasteiger partial charge in [-0.15, -0.1) is 17.9 Å². The second-order valence-electron chi connectivity index (χ2n) is 8.19. The lowest BCUT2D eigenvalue weighted by Crippen LogP contribution is -2.24. The second-order valence-corrected chi connectivity index (χ2v) is 10.2. The van der Waals surface area contributed by atoms with Gasteiger partial charge in [0.2, 0.25) is 5.91 Å². The number of hydrogen-bond donors (Lipinski definition) is 1. The van der Waals surface area contributed by atoms with Gasteiger partial charge in [-0.2, -0.15) is 0 Å². The van der Waals surface area contributed by atoms with Crippen LogP contribution in [0.2, 0.25) is 0 Å². The van der Waals surface area contributed by atoms with Gasteiger partial charge >= 0.3 is 0 Å². The summed E-state index contributed by atoms with van der Waals surface area (Å²) in [5, 5.41) is 15.1. The van der Waals surface area contributed by atoms with E-state index in [0.717, 1.165) is 36.6 Å². The molecule has 1 aromatic carbocycles. The smallest absolute Gasteiger partial charge is 0.293 e. The number of rotatable bonds is 7. The standard InChI is InChI=1S/C23H24N4O4S2/c1-4-10-26-22(29)19-15-9-8-13(2)11-17(15)33-21(19)25-23(26)32-12-18(28)24-20-14(3)6-5-7-16(20)27(30)31/h4-7,13H,1,8-12H2,2-3H3,(H,24,28). The Hall–Kier alpha value is -2.98. The number of nitro groups is 1. The van der Waals surface area contributed by atoms with Crippen LogP contribution < -0.4 is 10.9 Å². The normalized spacial score (nSPS) is 15.3. The van der Waals surface area contributed by atoms with Crippen LogP contribution in [-0.2, 0) is 24.2 Å². The first-order chi connectivity index (χ1) is 15.8. The molecule has 10 heteroatoms. The summed E-state index contributed by atoms with van der Waals surface area (Å²) in [6.07, 6.45) is 4.53. The van der Waals surface area contributed by atoms with E-state index in [9.17, 15) is 19.7 Å². The summed E-state index contributed by atoms with van der Waals surface area (Å²) in [7, 11) is 0. The lowest BCUT2D eigenvalue weighted by molar-refractivity contribution is -0.384. The average Bonchev–Trinajstić information content (AvgIpc) is 3.13. The molecule has 0 fully saturated rings. The summed E-state index contributed by atoms with van der Waals surface area (Å²) in [6, 6.07) is 4.63. The largest absolute Gasteiger partial charge is 0.319 e. The van der Waals surface area contributed by atoms with Crippen LogP contribution in [0.4, 0.5) is 11.4 Å². The average molecular weight is 485 g/mol. The number of carbonyl (C=O) groups is 1. The van der Waals surface area contributed by atoms with Crippen molar-refractivity contribution in [2.45, 2.75) is 44.8 Å². The molecule has 2 aromatic heterocycles. The van der Waals surface area contributed by atoms with Crippen molar-refractivity contribution in [3.63, 3.8) is 0 Å². The Labute approximate surface area is 198 Å². The molecule has 1 unspecified atom stereocenters. The molecule has 4 rings (SSSR count). The third-order valence-electron chi connectivity index (χ3n) is 5.74. The van der Waals surface area contributed by atoms with Gasteiger partial charge in [-0.25, -0.2) is 4.98 Å². The topological polar surface area (TPSA) is 107 Å². The molecule has 0 bridgehead atoms. The zero-order valence-electron chi connectivity index (χ0n) is 18.4. The number of benzene rings is 1. The molecular formula is C23H24N4O4S2. The molecule has 1 aliphatic carbocycles. The van der Waals surface area contributed by atoms with Gasteiger partial charge in [-0.1, -0.05) is 36.9 Å². The van der Waals surface area contributed by atoms with E-state index in [1.54, 1.807) is 41.0 Å². The molecule has 8 nitrogen and oxygen atoms in total. The van der Waals surface area contributed by atoms with Gasteiger partial charge in [0.15, 0.2) is 5.16 Å². The van der Waals surface area contributed by atoms with E-state index in [-0.39, 0.29) is 29.2 Å². The van der Waals surface area contributed by atoms with Gasteiger partial charge in [0.1, 0.15) is 10.5 Å². The number of anilines is 1. The van der Waals surface area contributed by atoms with Crippen LogP contribution in [0.3, 0.4) is 0 Å². The number of nitro benzene ring substituents is 1. The highest BCUT2D eigenvalue weighted by molar-refractivity contribution is 7.99. The van der Waals surface area contributed by atoms with E-state index >= 15 is 0 Å². The van der Waals surface area contributed by atoms with Crippen LogP contribution in [0, 0.1) is 23.0 Å². The quantitative estimate of drug-likeness (QED) is 0.171. The minimum Gasteiger partial charge on any atom is -0.319 e. The Bertz CT molecular complexity index is 1330. The molecule has 1 amide bonds. The van der Waals surface area contributed by atoms with Crippen LogP contribution in [0.15, 0.2) is 40.8 Å². The first kappa shape index (κ1) is 23.2. The first-order valence-corrected chi connectivity index (χ1v) is 12.4. The van der Waals surface area contributed by atoms with E-state index in [1.807, 2.05) is 0 Å². The van der Waals surface area contributed by atoms with Crippen LogP contribution >= 0.6 is 23.1 Å². The maximum absolute atomic E-state index is 13.3. The maximum atomic E-state index is 13.3. The Morgan fingerprint density at radius 2 is 2.27 bits per heavy atom. The van der Waals surface area contributed by atoms with E-state index in [2.05, 4.69) is 18.8 Å². The van der Waals surface area contributed by atoms with Crippen LogP contribution in [-0.4, -0.2) is 26.1 Å². The molecule has 3 aromatic rings. The fourth-order valence-electron chi connectivity index (χ4n) is 4.08. The van der Waals surface area contributed by atoms with Crippen molar-refractivity contribution in [3.8, 4) is 0 Å². The minimum atomic E-state index is -0.521. The third kappa shape index (κ3) is 4.58. The molecule has 0 saturated carbocycles. The third-order valence-corrected chi connectivity index (χ3v) is 7.86. The molecular weight excluding hydrogens is 460 g/mol. The Morgan fingerprint density at radius 3 is 3.00 bits per heavy atom. The summed E-state index contributed by atoms with van der Waals surface area (Å²) in [5.41, 5.74) is 1.63. The molecule has 0 radical (unpaired) electrons. The molecule has 0 aliphatic heterocycles. The molecule has 2 heterocycles. The molecule has 1 aliphatic rings. The molecule has 1 N–H and O–H groups in total. The highest BCUT2D eigenvalue weighted by atomic mass is 32.2. The van der Waals surface area contributed by atoms with E-state index in [0.29, 0.717) is 26.9 Å². The van der Waals surface area contributed by atoms with Crippen molar-refractivity contribution in [1.82, 2.24) is 9.55 Å². The molecule has 172 valence electrons. The summed E-state index contributed by atoms with van der Waals surface area (Å²) in [6.45, 7) is 7.96. The molecule has 33 heavy (non-hydrogen) atoms. The van der Waals surface area contributed by atoms with Crippen molar-refractivity contribution >= 4 is 50.6 Å². The summed E-state index contributed by atoms with van der Waals surface area (Å²) in [5.74, 6) is 0.142. The van der Waals surface area contributed by atoms with E-state index in [4.69, 9.17) is 4.98 Å². The van der Waals surface area contributed by atoms with Crippen molar-refractivity contribution in [1.29, 1.82) is 0 Å². The summed E-state index contributed by atoms with van der Waals surface area (Å²) >= 11 is 2.70. The van der Waals surface area contributed by atoms with E-state index in [1.165, 1.54) is 10.9 Å². The maximum Gasteiger partial charge on any atom is 0.293 e. The van der Waals surface area contributed by atoms with Crippen molar-refractivity contribution < 1.29 is 9.72 Å². The highest BCUT2D eigenvalue weighted by Crippen LogP contribution is 2.36. The number of aromatic nitrogens is 2. The monoisotopic (exact) mass is 484 g/mol. The SMILES string of the molecule is C=CCn1c(SCC(=O)Nc2c(C)cccc2[N+](=O)[O-])nc2sc3c(c2c1=O)CCC(C)C3. The minimum absolute atomic E-state index is 0.0390. The fourth-order valence-corrected chi connectivity index (χ4v) is 6.31. The van der Waals surface area contributed by atoms with E-state index < -0.39 is 10.8 Å². The first-order valence-electron chi connectivity index (χ1n) is 10.6. The number of carbonyl (C=O) groups excluding carboxylic acids is 1. The number of thioether (sulfide) groups is 1. The Balaban J connectivity index is 1.62. The highest BCUT2D eigenvalue weighted by Gasteiger charge is 2.25. The summed E-state index contributed by atoms with van der Waals surface area (Å²) in [4.78, 5) is 43.4. The van der Waals surface area contributed by atoms with Crippen molar-refractivity contribution in [2.24, 2.45) is 5.92 Å². The van der Waals surface area contributed by atoms with Gasteiger partial charge in [-0.05, 0) is 43.2 Å². The predicted molar refractivity (Wildman–Crippen MR) is 132 cm³/mol. The number of aryl methyl sites for hydroxylation is 2.